The lowest BCUT2D eigenvalue weighted by molar-refractivity contribution is -0.142. The number of ether oxygens (including phenoxy) is 1. The number of rotatable bonds is 4. The summed E-state index contributed by atoms with van der Waals surface area (Å²) in [6, 6.07) is -0.554. The molecule has 1 atom stereocenters. The zero-order valence-corrected chi connectivity index (χ0v) is 15.4. The number of carbonyl (C=O) groups excluding carboxylic acids is 3. The molecule has 1 radical (unpaired) electrons. The van der Waals surface area contributed by atoms with Crippen molar-refractivity contribution in [3.8, 4) is 0 Å². The summed E-state index contributed by atoms with van der Waals surface area (Å²) in [5.74, 6) is 0.0209. The van der Waals surface area contributed by atoms with Gasteiger partial charge in [-0.3, -0.25) is 19.3 Å². The number of amides is 3. The largest absolute Gasteiger partial charge is 0.378 e. The van der Waals surface area contributed by atoms with Crippen LogP contribution < -0.4 is 0 Å². The first kappa shape index (κ1) is 19.1. The van der Waals surface area contributed by atoms with Crippen LogP contribution in [0.2, 0.25) is 0 Å². The number of hydrogen-bond acceptors (Lipinski definition) is 6. The van der Waals surface area contributed by atoms with Crippen LogP contribution in [-0.2, 0) is 19.1 Å². The number of morpholine rings is 1. The van der Waals surface area contributed by atoms with E-state index in [0.717, 1.165) is 13.1 Å². The number of carbonyl (C=O) groups is 2. The van der Waals surface area contributed by atoms with Gasteiger partial charge >= 0.3 is 6.41 Å². The highest BCUT2D eigenvalue weighted by atomic mass is 16.5. The maximum absolute atomic E-state index is 12.9. The Balaban J connectivity index is 1.58. The van der Waals surface area contributed by atoms with Gasteiger partial charge in [-0.25, -0.2) is 0 Å². The minimum atomic E-state index is -0.554. The fourth-order valence-electron chi connectivity index (χ4n) is 3.65. The van der Waals surface area contributed by atoms with Gasteiger partial charge in [-0.15, -0.1) is 0 Å². The predicted octanol–water partition coefficient (Wildman–Crippen LogP) is -2.33. The van der Waals surface area contributed by atoms with Crippen LogP contribution in [0.5, 0.6) is 0 Å². The molecule has 3 heterocycles. The van der Waals surface area contributed by atoms with Gasteiger partial charge < -0.3 is 24.3 Å². The molecule has 3 fully saturated rings. The lowest BCUT2D eigenvalue weighted by atomic mass is 10.1. The highest BCUT2D eigenvalue weighted by Crippen LogP contribution is 2.13. The Morgan fingerprint density at radius 3 is 2.31 bits per heavy atom. The van der Waals surface area contributed by atoms with Crippen LogP contribution in [0.15, 0.2) is 0 Å². The van der Waals surface area contributed by atoms with Gasteiger partial charge in [0.2, 0.25) is 11.8 Å². The Bertz CT molecular complexity index is 517. The monoisotopic (exact) mass is 366 g/mol. The van der Waals surface area contributed by atoms with Gasteiger partial charge in [0.15, 0.2) is 0 Å². The predicted molar refractivity (Wildman–Crippen MR) is 94.1 cm³/mol. The molecule has 9 nitrogen and oxygen atoms in total. The number of piperazine rings is 2. The molecule has 9 heteroatoms. The summed E-state index contributed by atoms with van der Waals surface area (Å²) < 4.78 is 5.28. The van der Waals surface area contributed by atoms with Gasteiger partial charge in [0, 0.05) is 58.9 Å². The van der Waals surface area contributed by atoms with Gasteiger partial charge in [0.05, 0.1) is 19.8 Å². The van der Waals surface area contributed by atoms with Crippen LogP contribution in [0.3, 0.4) is 0 Å². The van der Waals surface area contributed by atoms with Crippen molar-refractivity contribution in [3.05, 3.63) is 0 Å². The normalized spacial score (nSPS) is 26.0. The van der Waals surface area contributed by atoms with Crippen LogP contribution in [-0.4, -0.2) is 134 Å². The summed E-state index contributed by atoms with van der Waals surface area (Å²) in [5.41, 5.74) is 0. The van der Waals surface area contributed by atoms with Crippen LogP contribution in [0.4, 0.5) is 0 Å². The van der Waals surface area contributed by atoms with Crippen molar-refractivity contribution in [1.82, 2.24) is 24.5 Å². The molecule has 3 rings (SSSR count). The molecular formula is C17H28N5O4. The van der Waals surface area contributed by atoms with Crippen molar-refractivity contribution < 1.29 is 19.1 Å². The van der Waals surface area contributed by atoms with Gasteiger partial charge in [0.1, 0.15) is 6.04 Å². The molecule has 0 aromatic heterocycles. The molecule has 0 bridgehead atoms. The first-order valence-electron chi connectivity index (χ1n) is 9.28. The summed E-state index contributed by atoms with van der Waals surface area (Å²) in [6.07, 6.45) is 1.91. The molecular weight excluding hydrogens is 338 g/mol. The fraction of sp³-hybridized carbons (Fsp3) is 0.824. The van der Waals surface area contributed by atoms with Crippen molar-refractivity contribution in [3.63, 3.8) is 0 Å². The average Bonchev–Trinajstić information content (AvgIpc) is 2.68. The minimum Gasteiger partial charge on any atom is -0.378 e. The molecule has 3 saturated heterocycles. The van der Waals surface area contributed by atoms with Crippen LogP contribution in [0, 0.1) is 0 Å². The van der Waals surface area contributed by atoms with E-state index >= 15 is 0 Å². The molecule has 26 heavy (non-hydrogen) atoms. The average molecular weight is 366 g/mol. The quantitative estimate of drug-likeness (QED) is 0.556. The molecule has 0 aromatic rings. The summed E-state index contributed by atoms with van der Waals surface area (Å²) >= 11 is 0. The Morgan fingerprint density at radius 1 is 0.962 bits per heavy atom. The van der Waals surface area contributed by atoms with Gasteiger partial charge in [-0.05, 0) is 7.05 Å². The van der Waals surface area contributed by atoms with E-state index in [1.54, 1.807) is 4.90 Å². The van der Waals surface area contributed by atoms with Crippen LogP contribution in [0.25, 0.3) is 0 Å². The maximum Gasteiger partial charge on any atom is 0.312 e. The summed E-state index contributed by atoms with van der Waals surface area (Å²) in [5, 5.41) is 0. The molecule has 0 N–H and O–H groups in total. The zero-order valence-electron chi connectivity index (χ0n) is 15.4. The van der Waals surface area contributed by atoms with E-state index in [4.69, 9.17) is 4.74 Å². The van der Waals surface area contributed by atoms with Crippen molar-refractivity contribution in [2.75, 3.05) is 85.7 Å². The summed E-state index contributed by atoms with van der Waals surface area (Å²) in [4.78, 5) is 45.9. The van der Waals surface area contributed by atoms with E-state index < -0.39 is 6.04 Å². The molecule has 0 saturated carbocycles. The van der Waals surface area contributed by atoms with Gasteiger partial charge in [-0.1, -0.05) is 0 Å². The SMILES string of the molecule is CN1CCN(C(=O)C2CN(CC(=O)N3CCOCC3)CCN2[C]=O)CC1. The fourth-order valence-corrected chi connectivity index (χ4v) is 3.65. The number of hydrogen-bond donors (Lipinski definition) is 0. The molecule has 3 aliphatic rings. The smallest absolute Gasteiger partial charge is 0.312 e. The van der Waals surface area contributed by atoms with E-state index in [9.17, 15) is 14.4 Å². The molecule has 1 unspecified atom stereocenters. The van der Waals surface area contributed by atoms with Gasteiger partial charge in [0.25, 0.3) is 0 Å². The third-order valence-corrected chi connectivity index (χ3v) is 5.40. The highest BCUT2D eigenvalue weighted by molar-refractivity contribution is 5.84. The number of nitrogens with zero attached hydrogens (tertiary/aromatic N) is 5. The van der Waals surface area contributed by atoms with E-state index in [0.29, 0.717) is 59.0 Å². The second kappa shape index (κ2) is 8.79. The third-order valence-electron chi connectivity index (χ3n) is 5.40. The lowest BCUT2D eigenvalue weighted by Crippen LogP contribution is -2.62. The Labute approximate surface area is 154 Å². The second-order valence-corrected chi connectivity index (χ2v) is 7.16. The first-order chi connectivity index (χ1) is 12.6. The zero-order chi connectivity index (χ0) is 18.5. The minimum absolute atomic E-state index is 0.0371. The van der Waals surface area contributed by atoms with Gasteiger partial charge in [-0.2, -0.15) is 0 Å². The van der Waals surface area contributed by atoms with Crippen molar-refractivity contribution >= 4 is 18.2 Å². The van der Waals surface area contributed by atoms with E-state index in [2.05, 4.69) is 4.90 Å². The molecule has 3 aliphatic heterocycles. The molecule has 3 amide bonds. The molecule has 145 valence electrons. The first-order valence-corrected chi connectivity index (χ1v) is 9.28. The highest BCUT2D eigenvalue weighted by Gasteiger charge is 2.36. The lowest BCUT2D eigenvalue weighted by Gasteiger charge is -2.42. The Morgan fingerprint density at radius 2 is 1.65 bits per heavy atom. The van der Waals surface area contributed by atoms with E-state index in [-0.39, 0.29) is 18.4 Å². The molecule has 0 aromatic carbocycles. The summed E-state index contributed by atoms with van der Waals surface area (Å²) in [6.45, 7) is 7.06. The van der Waals surface area contributed by atoms with Crippen LogP contribution in [0.1, 0.15) is 0 Å². The second-order valence-electron chi connectivity index (χ2n) is 7.16. The molecule has 0 aliphatic carbocycles. The van der Waals surface area contributed by atoms with Crippen molar-refractivity contribution in [1.29, 1.82) is 0 Å². The third kappa shape index (κ3) is 4.52. The van der Waals surface area contributed by atoms with E-state index in [1.165, 1.54) is 4.90 Å². The summed E-state index contributed by atoms with van der Waals surface area (Å²) in [7, 11) is 2.03. The Kier molecular flexibility index (Phi) is 6.44. The standard InChI is InChI=1S/C17H28N5O4/c1-18-2-5-21(6-3-18)17(25)15-12-19(4-7-22(15)14-23)13-16(24)20-8-10-26-11-9-20/h15H,2-13H2,1H3. The van der Waals surface area contributed by atoms with E-state index in [1.807, 2.05) is 23.3 Å². The maximum atomic E-state index is 12.9. The van der Waals surface area contributed by atoms with Crippen molar-refractivity contribution in [2.24, 2.45) is 0 Å². The van der Waals surface area contributed by atoms with Crippen LogP contribution >= 0.6 is 0 Å². The van der Waals surface area contributed by atoms with Crippen molar-refractivity contribution in [2.45, 2.75) is 6.04 Å². The molecule has 0 spiro atoms. The number of likely N-dealkylation sites (N-methyl/N-ethyl adjacent to an activating group) is 1. The Hall–Kier alpha value is -1.71. The topological polar surface area (TPSA) is 76.6 Å².